The van der Waals surface area contributed by atoms with Gasteiger partial charge in [-0.2, -0.15) is 0 Å². The number of aromatic nitrogens is 1. The molecule has 0 aliphatic heterocycles. The third-order valence-corrected chi connectivity index (χ3v) is 5.76. The largest absolute Gasteiger partial charge is 0.497 e. The molecule has 1 aromatic heterocycles. The number of para-hydroxylation sites is 1. The first-order chi connectivity index (χ1) is 14.5. The van der Waals surface area contributed by atoms with E-state index in [2.05, 4.69) is 21.2 Å². The third-order valence-electron chi connectivity index (χ3n) is 5.10. The number of nitrogens with zero attached hydrogens (tertiary/aromatic N) is 1. The van der Waals surface area contributed by atoms with Gasteiger partial charge in [-0.3, -0.25) is 4.79 Å². The molecule has 0 bridgehead atoms. The Labute approximate surface area is 184 Å². The normalized spacial score (nSPS) is 10.8. The molecule has 0 atom stereocenters. The lowest BCUT2D eigenvalue weighted by molar-refractivity contribution is 0.102. The van der Waals surface area contributed by atoms with Gasteiger partial charge in [-0.05, 0) is 83.4 Å². The van der Waals surface area contributed by atoms with Gasteiger partial charge in [0.2, 0.25) is 0 Å². The van der Waals surface area contributed by atoms with Crippen LogP contribution in [0.25, 0.3) is 22.2 Å². The summed E-state index contributed by atoms with van der Waals surface area (Å²) in [6.07, 6.45) is 0. The standard InChI is InChI=1S/C25H21BrN2O2/c1-15-8-13-22(20(26)14-15)28-25(29)23-16(2)24(17-9-11-18(30-3)12-10-17)27-21-7-5-4-6-19(21)23/h4-14H,1-3H3,(H,28,29). The number of carbonyl (C=O) groups excluding carboxylic acids is 1. The van der Waals surface area contributed by atoms with E-state index < -0.39 is 0 Å². The van der Waals surface area contributed by atoms with Gasteiger partial charge in [0, 0.05) is 15.4 Å². The zero-order chi connectivity index (χ0) is 21.3. The number of hydrogen-bond donors (Lipinski definition) is 1. The number of amides is 1. The van der Waals surface area contributed by atoms with Crippen LogP contribution >= 0.6 is 15.9 Å². The van der Waals surface area contributed by atoms with Crippen LogP contribution in [-0.4, -0.2) is 18.0 Å². The summed E-state index contributed by atoms with van der Waals surface area (Å²) in [7, 11) is 1.64. The second-order valence-corrected chi connectivity index (χ2v) is 8.00. The van der Waals surface area contributed by atoms with E-state index in [0.717, 1.165) is 49.2 Å². The number of carbonyl (C=O) groups is 1. The summed E-state index contributed by atoms with van der Waals surface area (Å²) in [6, 6.07) is 21.3. The van der Waals surface area contributed by atoms with E-state index >= 15 is 0 Å². The van der Waals surface area contributed by atoms with Crippen LogP contribution in [-0.2, 0) is 0 Å². The Kier molecular flexibility index (Phi) is 5.55. The lowest BCUT2D eigenvalue weighted by Crippen LogP contribution is -2.15. The van der Waals surface area contributed by atoms with Crippen molar-refractivity contribution in [1.29, 1.82) is 0 Å². The molecule has 0 radical (unpaired) electrons. The van der Waals surface area contributed by atoms with Gasteiger partial charge in [-0.15, -0.1) is 0 Å². The third kappa shape index (κ3) is 3.81. The van der Waals surface area contributed by atoms with Gasteiger partial charge >= 0.3 is 0 Å². The number of aryl methyl sites for hydroxylation is 1. The van der Waals surface area contributed by atoms with E-state index in [9.17, 15) is 4.79 Å². The predicted molar refractivity (Wildman–Crippen MR) is 125 cm³/mol. The second kappa shape index (κ2) is 8.28. The zero-order valence-corrected chi connectivity index (χ0v) is 18.6. The summed E-state index contributed by atoms with van der Waals surface area (Å²) in [5, 5.41) is 3.88. The molecule has 0 unspecified atom stereocenters. The van der Waals surface area contributed by atoms with Crippen molar-refractivity contribution in [3.63, 3.8) is 0 Å². The lowest BCUT2D eigenvalue weighted by atomic mass is 9.97. The summed E-state index contributed by atoms with van der Waals surface area (Å²) in [5.41, 5.74) is 5.80. The maximum absolute atomic E-state index is 13.4. The van der Waals surface area contributed by atoms with E-state index in [1.165, 1.54) is 0 Å². The first-order valence-corrected chi connectivity index (χ1v) is 10.4. The maximum atomic E-state index is 13.4. The summed E-state index contributed by atoms with van der Waals surface area (Å²) in [4.78, 5) is 18.2. The number of halogens is 1. The molecule has 4 rings (SSSR count). The molecule has 3 aromatic carbocycles. The summed E-state index contributed by atoms with van der Waals surface area (Å²) in [5.74, 6) is 0.616. The molecular formula is C25H21BrN2O2. The minimum Gasteiger partial charge on any atom is -0.497 e. The molecule has 30 heavy (non-hydrogen) atoms. The summed E-state index contributed by atoms with van der Waals surface area (Å²) < 4.78 is 6.11. The van der Waals surface area contributed by atoms with E-state index in [1.54, 1.807) is 7.11 Å². The lowest BCUT2D eigenvalue weighted by Gasteiger charge is -2.16. The van der Waals surface area contributed by atoms with Crippen LogP contribution in [0.1, 0.15) is 21.5 Å². The highest BCUT2D eigenvalue weighted by Gasteiger charge is 2.19. The molecule has 0 saturated heterocycles. The smallest absolute Gasteiger partial charge is 0.256 e. The number of hydrogen-bond acceptors (Lipinski definition) is 3. The van der Waals surface area contributed by atoms with Crippen molar-refractivity contribution in [2.45, 2.75) is 13.8 Å². The molecule has 0 spiro atoms. The Morgan fingerprint density at radius 1 is 1.00 bits per heavy atom. The maximum Gasteiger partial charge on any atom is 0.256 e. The van der Waals surface area contributed by atoms with Crippen molar-refractivity contribution in [2.75, 3.05) is 12.4 Å². The summed E-state index contributed by atoms with van der Waals surface area (Å²) >= 11 is 3.54. The molecule has 150 valence electrons. The minimum atomic E-state index is -0.162. The van der Waals surface area contributed by atoms with Crippen molar-refractivity contribution >= 4 is 38.4 Å². The van der Waals surface area contributed by atoms with Gasteiger partial charge in [-0.1, -0.05) is 24.3 Å². The first kappa shape index (κ1) is 20.1. The fraction of sp³-hybridized carbons (Fsp3) is 0.120. The van der Waals surface area contributed by atoms with Crippen LogP contribution in [0, 0.1) is 13.8 Å². The van der Waals surface area contributed by atoms with Crippen LogP contribution in [0.2, 0.25) is 0 Å². The zero-order valence-electron chi connectivity index (χ0n) is 17.0. The van der Waals surface area contributed by atoms with Crippen molar-refractivity contribution in [1.82, 2.24) is 4.98 Å². The molecule has 1 heterocycles. The van der Waals surface area contributed by atoms with Crippen LogP contribution in [0.15, 0.2) is 71.2 Å². The van der Waals surface area contributed by atoms with Crippen molar-refractivity contribution in [2.24, 2.45) is 0 Å². The van der Waals surface area contributed by atoms with Crippen LogP contribution < -0.4 is 10.1 Å². The Morgan fingerprint density at radius 3 is 2.43 bits per heavy atom. The van der Waals surface area contributed by atoms with Crippen molar-refractivity contribution in [3.8, 4) is 17.0 Å². The van der Waals surface area contributed by atoms with E-state index in [4.69, 9.17) is 9.72 Å². The highest BCUT2D eigenvalue weighted by atomic mass is 79.9. The quantitative estimate of drug-likeness (QED) is 0.375. The highest BCUT2D eigenvalue weighted by molar-refractivity contribution is 9.10. The molecule has 1 amide bonds. The first-order valence-electron chi connectivity index (χ1n) is 9.59. The number of anilines is 1. The minimum absolute atomic E-state index is 0.162. The van der Waals surface area contributed by atoms with Crippen molar-refractivity contribution in [3.05, 3.63) is 87.9 Å². The number of nitrogens with one attached hydrogen (secondary N) is 1. The number of fused-ring (bicyclic) bond motifs is 1. The topological polar surface area (TPSA) is 51.2 Å². The molecule has 0 saturated carbocycles. The molecule has 0 aliphatic rings. The van der Waals surface area contributed by atoms with Gasteiger partial charge < -0.3 is 10.1 Å². The Morgan fingerprint density at radius 2 is 1.73 bits per heavy atom. The molecule has 0 aliphatic carbocycles. The van der Waals surface area contributed by atoms with Gasteiger partial charge in [0.05, 0.1) is 29.6 Å². The average molecular weight is 461 g/mol. The molecule has 4 nitrogen and oxygen atoms in total. The monoisotopic (exact) mass is 460 g/mol. The van der Waals surface area contributed by atoms with Crippen LogP contribution in [0.4, 0.5) is 5.69 Å². The van der Waals surface area contributed by atoms with Gasteiger partial charge in [-0.25, -0.2) is 4.98 Å². The van der Waals surface area contributed by atoms with Crippen LogP contribution in [0.3, 0.4) is 0 Å². The van der Waals surface area contributed by atoms with E-state index in [0.29, 0.717) is 5.56 Å². The molecular weight excluding hydrogens is 440 g/mol. The second-order valence-electron chi connectivity index (χ2n) is 7.14. The van der Waals surface area contributed by atoms with Crippen molar-refractivity contribution < 1.29 is 9.53 Å². The van der Waals surface area contributed by atoms with E-state index in [1.807, 2.05) is 80.6 Å². The van der Waals surface area contributed by atoms with Gasteiger partial charge in [0.25, 0.3) is 5.91 Å². The predicted octanol–water partition coefficient (Wildman–Crippen LogP) is 6.54. The van der Waals surface area contributed by atoms with E-state index in [-0.39, 0.29) is 5.91 Å². The summed E-state index contributed by atoms with van der Waals surface area (Å²) in [6.45, 7) is 3.95. The SMILES string of the molecule is COc1ccc(-c2nc3ccccc3c(C(=O)Nc3ccc(C)cc3Br)c2C)cc1. The number of ether oxygens (including phenoxy) is 1. The van der Waals surface area contributed by atoms with Gasteiger partial charge in [0.15, 0.2) is 0 Å². The molecule has 5 heteroatoms. The number of methoxy groups -OCH3 is 1. The fourth-order valence-electron chi connectivity index (χ4n) is 3.54. The Bertz CT molecular complexity index is 1250. The van der Waals surface area contributed by atoms with Crippen LogP contribution in [0.5, 0.6) is 5.75 Å². The number of pyridine rings is 1. The Balaban J connectivity index is 1.85. The highest BCUT2D eigenvalue weighted by Crippen LogP contribution is 2.32. The fourth-order valence-corrected chi connectivity index (χ4v) is 4.13. The Hall–Kier alpha value is -3.18. The molecule has 4 aromatic rings. The average Bonchev–Trinajstić information content (AvgIpc) is 2.75. The molecule has 1 N–H and O–H groups in total. The number of benzene rings is 3. The van der Waals surface area contributed by atoms with Gasteiger partial charge in [0.1, 0.15) is 5.75 Å². The molecule has 0 fully saturated rings. The number of rotatable bonds is 4.